The Morgan fingerprint density at radius 2 is 1.93 bits per heavy atom. The molecule has 0 aromatic heterocycles. The lowest BCUT2D eigenvalue weighted by atomic mass is 9.86. The van der Waals surface area contributed by atoms with Crippen LogP contribution in [0.5, 0.6) is 0 Å². The zero-order valence-corrected chi connectivity index (χ0v) is 9.34. The highest BCUT2D eigenvalue weighted by atomic mass is 14.2. The Labute approximate surface area is 87.3 Å². The number of hydrogen-bond acceptors (Lipinski definition) is 0. The molecule has 14 heavy (non-hydrogen) atoms. The molecule has 1 aromatic carbocycles. The average molecular weight is 188 g/mol. The van der Waals surface area contributed by atoms with Crippen LogP contribution in [0.4, 0.5) is 0 Å². The standard InChI is InChI=1S/C14H20/c1-11(2)10-13-8-5-7-12-6-3-4-9-14(12)13/h5,7-8,11H,3-4,6,9-10H2,1-2H3. The van der Waals surface area contributed by atoms with E-state index in [0.717, 1.165) is 5.92 Å². The molecule has 0 saturated heterocycles. The summed E-state index contributed by atoms with van der Waals surface area (Å²) in [7, 11) is 0. The normalized spacial score (nSPS) is 15.6. The summed E-state index contributed by atoms with van der Waals surface area (Å²) in [5, 5.41) is 0. The summed E-state index contributed by atoms with van der Waals surface area (Å²) in [4.78, 5) is 0. The van der Waals surface area contributed by atoms with Crippen molar-refractivity contribution in [2.75, 3.05) is 0 Å². The largest absolute Gasteiger partial charge is 0.0625 e. The van der Waals surface area contributed by atoms with Gasteiger partial charge in [0.15, 0.2) is 0 Å². The van der Waals surface area contributed by atoms with Gasteiger partial charge >= 0.3 is 0 Å². The van der Waals surface area contributed by atoms with E-state index in [1.54, 1.807) is 16.7 Å². The number of aryl methyl sites for hydroxylation is 1. The van der Waals surface area contributed by atoms with Gasteiger partial charge in [-0.2, -0.15) is 0 Å². The minimum absolute atomic E-state index is 0.781. The lowest BCUT2D eigenvalue weighted by Gasteiger charge is -2.20. The van der Waals surface area contributed by atoms with Gasteiger partial charge in [-0.25, -0.2) is 0 Å². The van der Waals surface area contributed by atoms with E-state index in [9.17, 15) is 0 Å². The molecule has 0 N–H and O–H groups in total. The third-order valence-corrected chi connectivity index (χ3v) is 3.12. The topological polar surface area (TPSA) is 0 Å². The van der Waals surface area contributed by atoms with Crippen molar-refractivity contribution < 1.29 is 0 Å². The Morgan fingerprint density at radius 3 is 2.71 bits per heavy atom. The first-order valence-corrected chi connectivity index (χ1v) is 5.87. The molecule has 0 radical (unpaired) electrons. The maximum Gasteiger partial charge on any atom is -0.0253 e. The molecule has 0 fully saturated rings. The molecule has 0 saturated carbocycles. The molecule has 0 aliphatic heterocycles. The molecule has 76 valence electrons. The average Bonchev–Trinajstić information content (AvgIpc) is 2.18. The number of hydrogen-bond donors (Lipinski definition) is 0. The second kappa shape index (κ2) is 4.16. The van der Waals surface area contributed by atoms with Crippen LogP contribution in [-0.2, 0) is 19.3 Å². The lowest BCUT2D eigenvalue weighted by molar-refractivity contribution is 0.625. The van der Waals surface area contributed by atoms with Gasteiger partial charge in [0.1, 0.15) is 0 Å². The highest BCUT2D eigenvalue weighted by Gasteiger charge is 2.12. The van der Waals surface area contributed by atoms with Crippen molar-refractivity contribution >= 4 is 0 Å². The highest BCUT2D eigenvalue weighted by Crippen LogP contribution is 2.25. The molecule has 1 aliphatic rings. The molecule has 0 heteroatoms. The van der Waals surface area contributed by atoms with Crippen LogP contribution in [0.1, 0.15) is 43.4 Å². The van der Waals surface area contributed by atoms with Gasteiger partial charge in [0.2, 0.25) is 0 Å². The van der Waals surface area contributed by atoms with Crippen molar-refractivity contribution in [1.29, 1.82) is 0 Å². The van der Waals surface area contributed by atoms with E-state index in [-0.39, 0.29) is 0 Å². The Kier molecular flexibility index (Phi) is 2.90. The molecule has 0 nitrogen and oxygen atoms in total. The highest BCUT2D eigenvalue weighted by molar-refractivity contribution is 5.37. The van der Waals surface area contributed by atoms with Crippen LogP contribution in [-0.4, -0.2) is 0 Å². The van der Waals surface area contributed by atoms with Crippen LogP contribution in [0.3, 0.4) is 0 Å². The van der Waals surface area contributed by atoms with Gasteiger partial charge < -0.3 is 0 Å². The van der Waals surface area contributed by atoms with Crippen LogP contribution in [0.25, 0.3) is 0 Å². The van der Waals surface area contributed by atoms with E-state index in [1.807, 2.05) is 0 Å². The van der Waals surface area contributed by atoms with E-state index in [0.29, 0.717) is 0 Å². The Hall–Kier alpha value is -0.780. The predicted octanol–water partition coefficient (Wildman–Crippen LogP) is 3.76. The molecular weight excluding hydrogens is 168 g/mol. The molecule has 0 spiro atoms. The monoisotopic (exact) mass is 188 g/mol. The molecular formula is C14H20. The van der Waals surface area contributed by atoms with E-state index >= 15 is 0 Å². The zero-order chi connectivity index (χ0) is 9.97. The lowest BCUT2D eigenvalue weighted by Crippen LogP contribution is -2.07. The second-order valence-corrected chi connectivity index (χ2v) is 4.86. The number of benzene rings is 1. The minimum atomic E-state index is 0.781. The second-order valence-electron chi connectivity index (χ2n) is 4.86. The van der Waals surface area contributed by atoms with Gasteiger partial charge in [-0.3, -0.25) is 0 Å². The molecule has 0 amide bonds. The Bertz CT molecular complexity index is 310. The van der Waals surface area contributed by atoms with Gasteiger partial charge in [-0.1, -0.05) is 32.0 Å². The quantitative estimate of drug-likeness (QED) is 0.663. The van der Waals surface area contributed by atoms with Crippen LogP contribution in [0.15, 0.2) is 18.2 Å². The van der Waals surface area contributed by atoms with Crippen molar-refractivity contribution in [3.63, 3.8) is 0 Å². The Balaban J connectivity index is 2.30. The third kappa shape index (κ3) is 2.00. The molecule has 1 aromatic rings. The van der Waals surface area contributed by atoms with Gasteiger partial charge in [0.25, 0.3) is 0 Å². The maximum absolute atomic E-state index is 2.32. The summed E-state index contributed by atoms with van der Waals surface area (Å²) in [5.41, 5.74) is 4.90. The minimum Gasteiger partial charge on any atom is -0.0625 e. The fourth-order valence-electron chi connectivity index (χ4n) is 2.49. The molecule has 1 aliphatic carbocycles. The van der Waals surface area contributed by atoms with Crippen LogP contribution in [0, 0.1) is 5.92 Å². The van der Waals surface area contributed by atoms with Crippen molar-refractivity contribution in [1.82, 2.24) is 0 Å². The van der Waals surface area contributed by atoms with Crippen LogP contribution in [0.2, 0.25) is 0 Å². The number of rotatable bonds is 2. The van der Waals surface area contributed by atoms with Crippen molar-refractivity contribution in [2.24, 2.45) is 5.92 Å². The third-order valence-electron chi connectivity index (χ3n) is 3.12. The number of fused-ring (bicyclic) bond motifs is 1. The zero-order valence-electron chi connectivity index (χ0n) is 9.34. The summed E-state index contributed by atoms with van der Waals surface area (Å²) in [6.45, 7) is 4.62. The summed E-state index contributed by atoms with van der Waals surface area (Å²) in [5.74, 6) is 0.781. The van der Waals surface area contributed by atoms with E-state index in [2.05, 4.69) is 32.0 Å². The smallest absolute Gasteiger partial charge is 0.0253 e. The van der Waals surface area contributed by atoms with Crippen LogP contribution < -0.4 is 0 Å². The molecule has 2 rings (SSSR count). The summed E-state index contributed by atoms with van der Waals surface area (Å²) in [6, 6.07) is 6.88. The van der Waals surface area contributed by atoms with Gasteiger partial charge in [-0.05, 0) is 54.7 Å². The van der Waals surface area contributed by atoms with Gasteiger partial charge in [-0.15, -0.1) is 0 Å². The first-order valence-electron chi connectivity index (χ1n) is 5.87. The Morgan fingerprint density at radius 1 is 1.14 bits per heavy atom. The van der Waals surface area contributed by atoms with Crippen molar-refractivity contribution in [3.8, 4) is 0 Å². The SMILES string of the molecule is CC(C)Cc1cccc2c1CCCC2. The first kappa shape index (κ1) is 9.76. The maximum atomic E-state index is 2.32. The molecule has 0 heterocycles. The van der Waals surface area contributed by atoms with Crippen LogP contribution >= 0.6 is 0 Å². The van der Waals surface area contributed by atoms with Gasteiger partial charge in [0.05, 0.1) is 0 Å². The van der Waals surface area contributed by atoms with E-state index in [1.165, 1.54) is 32.1 Å². The van der Waals surface area contributed by atoms with Gasteiger partial charge in [0, 0.05) is 0 Å². The van der Waals surface area contributed by atoms with Crippen molar-refractivity contribution in [2.45, 2.75) is 46.0 Å². The molecule has 0 atom stereocenters. The summed E-state index contributed by atoms with van der Waals surface area (Å²) >= 11 is 0. The van der Waals surface area contributed by atoms with E-state index in [4.69, 9.17) is 0 Å². The fourth-order valence-corrected chi connectivity index (χ4v) is 2.49. The van der Waals surface area contributed by atoms with Crippen molar-refractivity contribution in [3.05, 3.63) is 34.9 Å². The van der Waals surface area contributed by atoms with E-state index < -0.39 is 0 Å². The molecule has 0 bridgehead atoms. The fraction of sp³-hybridized carbons (Fsp3) is 0.571. The summed E-state index contributed by atoms with van der Waals surface area (Å²) in [6.07, 6.45) is 6.66. The predicted molar refractivity (Wildman–Crippen MR) is 61.6 cm³/mol. The first-order chi connectivity index (χ1) is 6.77. The molecule has 0 unspecified atom stereocenters. The summed E-state index contributed by atoms with van der Waals surface area (Å²) < 4.78 is 0.